The molecule has 4 rings (SSSR count). The van der Waals surface area contributed by atoms with Gasteiger partial charge < -0.3 is 14.5 Å². The Balaban J connectivity index is 1.38. The summed E-state index contributed by atoms with van der Waals surface area (Å²) in [6.45, 7) is 9.62. The number of fused-ring (bicyclic) bond motifs is 1. The van der Waals surface area contributed by atoms with E-state index in [0.717, 1.165) is 37.5 Å². The van der Waals surface area contributed by atoms with Crippen LogP contribution >= 0.6 is 0 Å². The number of amides is 1. The minimum absolute atomic E-state index is 0.163. The number of aromatic nitrogens is 1. The van der Waals surface area contributed by atoms with Crippen molar-refractivity contribution in [2.24, 2.45) is 0 Å². The van der Waals surface area contributed by atoms with Crippen LogP contribution in [0, 0.1) is 11.3 Å². The van der Waals surface area contributed by atoms with Gasteiger partial charge in [0.25, 0.3) is 0 Å². The van der Waals surface area contributed by atoms with Crippen LogP contribution in [0.3, 0.4) is 0 Å². The highest BCUT2D eigenvalue weighted by Gasteiger charge is 2.34. The van der Waals surface area contributed by atoms with Crippen molar-refractivity contribution in [3.05, 3.63) is 53.2 Å². The third kappa shape index (κ3) is 4.74. The van der Waals surface area contributed by atoms with Gasteiger partial charge in [-0.2, -0.15) is 5.26 Å². The molecule has 1 saturated heterocycles. The van der Waals surface area contributed by atoms with Gasteiger partial charge in [-0.1, -0.05) is 19.1 Å². The quantitative estimate of drug-likeness (QED) is 0.652. The Morgan fingerprint density at radius 3 is 2.74 bits per heavy atom. The zero-order valence-electron chi connectivity index (χ0n) is 20.7. The number of ether oxygens (including phenoxy) is 1. The number of hydrogen-bond acceptors (Lipinski definition) is 6. The Hall–Kier alpha value is -3.11. The number of nitriles is 1. The third-order valence-corrected chi connectivity index (χ3v) is 7.40. The first-order valence-electron chi connectivity index (χ1n) is 12.3. The van der Waals surface area contributed by atoms with Crippen LogP contribution in [0.1, 0.15) is 56.3 Å². The van der Waals surface area contributed by atoms with E-state index >= 15 is 0 Å². The Labute approximate surface area is 202 Å². The summed E-state index contributed by atoms with van der Waals surface area (Å²) in [5.41, 5.74) is 3.17. The maximum Gasteiger partial charge on any atom is 0.223 e. The fourth-order valence-electron chi connectivity index (χ4n) is 5.51. The molecular weight excluding hydrogens is 426 g/mol. The molecule has 0 aliphatic carbocycles. The van der Waals surface area contributed by atoms with Gasteiger partial charge in [0.15, 0.2) is 0 Å². The predicted octanol–water partition coefficient (Wildman–Crippen LogP) is 3.79. The lowest BCUT2D eigenvalue weighted by Crippen LogP contribution is -2.59. The summed E-state index contributed by atoms with van der Waals surface area (Å²) < 4.78 is 5.55. The molecule has 0 radical (unpaired) electrons. The molecule has 1 aromatic carbocycles. The SMILES string of the molecule is CCC1CN(C(=O)CCN2CCc3c(OC)cccc3C2C)CC(C)N1c1ccc(C#N)cn1. The van der Waals surface area contributed by atoms with Gasteiger partial charge in [0.2, 0.25) is 5.91 Å². The number of piperazine rings is 1. The highest BCUT2D eigenvalue weighted by Crippen LogP contribution is 2.34. The second-order valence-electron chi connectivity index (χ2n) is 9.37. The van der Waals surface area contributed by atoms with Crippen molar-refractivity contribution < 1.29 is 9.53 Å². The molecular formula is C27H35N5O2. The number of methoxy groups -OCH3 is 1. The van der Waals surface area contributed by atoms with Crippen LogP contribution in [-0.4, -0.2) is 66.1 Å². The Bertz CT molecular complexity index is 1050. The topological polar surface area (TPSA) is 72.7 Å². The molecule has 0 N–H and O–H groups in total. The van der Waals surface area contributed by atoms with E-state index in [-0.39, 0.29) is 24.0 Å². The molecule has 3 heterocycles. The lowest BCUT2D eigenvalue weighted by Gasteiger charge is -2.46. The molecule has 1 amide bonds. The number of benzene rings is 1. The van der Waals surface area contributed by atoms with Crippen molar-refractivity contribution in [2.75, 3.05) is 38.2 Å². The first-order chi connectivity index (χ1) is 16.5. The van der Waals surface area contributed by atoms with E-state index in [9.17, 15) is 4.79 Å². The summed E-state index contributed by atoms with van der Waals surface area (Å²) in [4.78, 5) is 24.5. The zero-order chi connectivity index (χ0) is 24.2. The van der Waals surface area contributed by atoms with Gasteiger partial charge in [-0.15, -0.1) is 0 Å². The molecule has 0 saturated carbocycles. The largest absolute Gasteiger partial charge is 0.496 e. The van der Waals surface area contributed by atoms with E-state index in [0.29, 0.717) is 25.1 Å². The van der Waals surface area contributed by atoms with Crippen molar-refractivity contribution in [2.45, 2.75) is 58.2 Å². The van der Waals surface area contributed by atoms with E-state index in [1.54, 1.807) is 13.3 Å². The first-order valence-corrected chi connectivity index (χ1v) is 12.3. The molecule has 7 heteroatoms. The van der Waals surface area contributed by atoms with Crippen LogP contribution in [0.5, 0.6) is 5.75 Å². The fraction of sp³-hybridized carbons (Fsp3) is 0.519. The molecule has 0 bridgehead atoms. The Morgan fingerprint density at radius 1 is 1.24 bits per heavy atom. The lowest BCUT2D eigenvalue weighted by molar-refractivity contribution is -0.133. The summed E-state index contributed by atoms with van der Waals surface area (Å²) in [6, 6.07) is 12.8. The smallest absolute Gasteiger partial charge is 0.223 e. The number of hydrogen-bond donors (Lipinski definition) is 0. The average molecular weight is 462 g/mol. The number of anilines is 1. The number of rotatable bonds is 6. The Morgan fingerprint density at radius 2 is 2.06 bits per heavy atom. The molecule has 34 heavy (non-hydrogen) atoms. The molecule has 3 atom stereocenters. The van der Waals surface area contributed by atoms with Crippen molar-refractivity contribution >= 4 is 11.7 Å². The van der Waals surface area contributed by atoms with Gasteiger partial charge in [-0.25, -0.2) is 4.98 Å². The summed E-state index contributed by atoms with van der Waals surface area (Å²) in [5, 5.41) is 9.06. The van der Waals surface area contributed by atoms with Crippen molar-refractivity contribution in [3.63, 3.8) is 0 Å². The molecule has 2 aliphatic heterocycles. The van der Waals surface area contributed by atoms with Gasteiger partial charge in [-0.3, -0.25) is 9.69 Å². The molecule has 2 aliphatic rings. The van der Waals surface area contributed by atoms with Crippen LogP contribution in [0.25, 0.3) is 0 Å². The van der Waals surface area contributed by atoms with Crippen LogP contribution in [-0.2, 0) is 11.2 Å². The molecule has 3 unspecified atom stereocenters. The Kier molecular flexibility index (Phi) is 7.38. The summed E-state index contributed by atoms with van der Waals surface area (Å²) in [6.07, 6.45) is 4.03. The van der Waals surface area contributed by atoms with E-state index in [2.05, 4.69) is 53.8 Å². The van der Waals surface area contributed by atoms with Gasteiger partial charge in [0, 0.05) is 62.5 Å². The van der Waals surface area contributed by atoms with Gasteiger partial charge in [0.05, 0.1) is 12.7 Å². The molecule has 2 aromatic rings. The van der Waals surface area contributed by atoms with E-state index in [1.165, 1.54) is 11.1 Å². The third-order valence-electron chi connectivity index (χ3n) is 7.40. The van der Waals surface area contributed by atoms with Gasteiger partial charge >= 0.3 is 0 Å². The minimum atomic E-state index is 0.163. The summed E-state index contributed by atoms with van der Waals surface area (Å²) in [7, 11) is 1.73. The van der Waals surface area contributed by atoms with Crippen LogP contribution in [0.4, 0.5) is 5.82 Å². The maximum absolute atomic E-state index is 13.2. The summed E-state index contributed by atoms with van der Waals surface area (Å²) in [5.74, 6) is 2.07. The normalized spacial score (nSPS) is 22.7. The van der Waals surface area contributed by atoms with Gasteiger partial charge in [-0.05, 0) is 50.5 Å². The summed E-state index contributed by atoms with van der Waals surface area (Å²) >= 11 is 0. The molecule has 0 spiro atoms. The zero-order valence-corrected chi connectivity index (χ0v) is 20.7. The lowest BCUT2D eigenvalue weighted by atomic mass is 9.92. The van der Waals surface area contributed by atoms with E-state index in [1.807, 2.05) is 23.1 Å². The maximum atomic E-state index is 13.2. The molecule has 7 nitrogen and oxygen atoms in total. The van der Waals surface area contributed by atoms with Gasteiger partial charge in [0.1, 0.15) is 17.6 Å². The standard InChI is InChI=1S/C27H35N5O2/c1-5-22-18-31(17-19(2)32(22)26-10-9-21(15-28)16-29-26)27(33)12-14-30-13-11-24-23(20(30)3)7-6-8-25(24)34-4/h6-10,16,19-20,22H,5,11-14,17-18H2,1-4H3. The average Bonchev–Trinajstić information content (AvgIpc) is 2.87. The van der Waals surface area contributed by atoms with Crippen molar-refractivity contribution in [3.8, 4) is 11.8 Å². The number of pyridine rings is 1. The van der Waals surface area contributed by atoms with Crippen molar-refractivity contribution in [1.29, 1.82) is 5.26 Å². The van der Waals surface area contributed by atoms with Crippen LogP contribution < -0.4 is 9.64 Å². The predicted molar refractivity (Wildman–Crippen MR) is 133 cm³/mol. The fourth-order valence-corrected chi connectivity index (χ4v) is 5.51. The van der Waals surface area contributed by atoms with Crippen LogP contribution in [0.15, 0.2) is 36.5 Å². The van der Waals surface area contributed by atoms with Crippen molar-refractivity contribution in [1.82, 2.24) is 14.8 Å². The molecule has 1 fully saturated rings. The second kappa shape index (κ2) is 10.4. The highest BCUT2D eigenvalue weighted by molar-refractivity contribution is 5.77. The highest BCUT2D eigenvalue weighted by atomic mass is 16.5. The number of carbonyl (C=O) groups excluding carboxylic acids is 1. The molecule has 1 aromatic heterocycles. The second-order valence-corrected chi connectivity index (χ2v) is 9.37. The molecule has 180 valence electrons. The monoisotopic (exact) mass is 461 g/mol. The number of carbonyl (C=O) groups is 1. The van der Waals surface area contributed by atoms with E-state index < -0.39 is 0 Å². The first kappa shape index (κ1) is 24.0. The minimum Gasteiger partial charge on any atom is -0.496 e. The number of nitrogens with zero attached hydrogens (tertiary/aromatic N) is 5. The van der Waals surface area contributed by atoms with Crippen LogP contribution in [0.2, 0.25) is 0 Å². The van der Waals surface area contributed by atoms with E-state index in [4.69, 9.17) is 10.00 Å².